The molecule has 0 radical (unpaired) electrons. The molecule has 0 aliphatic carbocycles. The molecule has 1 heterocycles. The van der Waals surface area contributed by atoms with E-state index < -0.39 is 0 Å². The number of carbonyl (C=O) groups is 1. The highest BCUT2D eigenvalue weighted by atomic mass is 16.1. The van der Waals surface area contributed by atoms with E-state index in [9.17, 15) is 4.79 Å². The van der Waals surface area contributed by atoms with Gasteiger partial charge in [-0.15, -0.1) is 0 Å². The summed E-state index contributed by atoms with van der Waals surface area (Å²) in [4.78, 5) is 13.5. The summed E-state index contributed by atoms with van der Waals surface area (Å²) in [6, 6.07) is 6.15. The minimum absolute atomic E-state index is 0.0772. The van der Waals surface area contributed by atoms with Crippen LogP contribution in [0.3, 0.4) is 0 Å². The van der Waals surface area contributed by atoms with Gasteiger partial charge >= 0.3 is 0 Å². The van der Waals surface area contributed by atoms with Crippen LogP contribution in [0.2, 0.25) is 0 Å². The molecule has 0 unspecified atom stereocenters. The summed E-state index contributed by atoms with van der Waals surface area (Å²) in [7, 11) is 2.05. The second kappa shape index (κ2) is 4.61. The van der Waals surface area contributed by atoms with E-state index in [0.717, 1.165) is 17.8 Å². The van der Waals surface area contributed by atoms with Crippen molar-refractivity contribution in [3.8, 4) is 0 Å². The molecule has 4 heteroatoms. The Morgan fingerprint density at radius 1 is 1.39 bits per heavy atom. The van der Waals surface area contributed by atoms with E-state index in [-0.39, 0.29) is 11.4 Å². The van der Waals surface area contributed by atoms with Crippen molar-refractivity contribution in [1.29, 1.82) is 0 Å². The molecule has 3 N–H and O–H groups in total. The molecule has 0 bridgehead atoms. The van der Waals surface area contributed by atoms with Gasteiger partial charge < -0.3 is 16.0 Å². The lowest BCUT2D eigenvalue weighted by Gasteiger charge is -2.37. The third-order valence-electron chi connectivity index (χ3n) is 3.78. The van der Waals surface area contributed by atoms with Crippen LogP contribution in [0.5, 0.6) is 0 Å². The topological polar surface area (TPSA) is 58.4 Å². The van der Waals surface area contributed by atoms with Crippen LogP contribution >= 0.6 is 0 Å². The Bertz CT molecular complexity index is 468. The van der Waals surface area contributed by atoms with Crippen LogP contribution in [0.25, 0.3) is 0 Å². The van der Waals surface area contributed by atoms with E-state index in [1.807, 2.05) is 12.1 Å². The maximum absolute atomic E-state index is 11.3. The van der Waals surface area contributed by atoms with E-state index in [1.165, 1.54) is 5.56 Å². The first kappa shape index (κ1) is 12.9. The monoisotopic (exact) mass is 247 g/mol. The highest BCUT2D eigenvalue weighted by Gasteiger charge is 2.23. The molecule has 0 saturated carbocycles. The Labute approximate surface area is 108 Å². The van der Waals surface area contributed by atoms with Crippen molar-refractivity contribution in [2.75, 3.05) is 23.8 Å². The molecule has 4 nitrogen and oxygen atoms in total. The fourth-order valence-electron chi connectivity index (χ4n) is 2.06. The van der Waals surface area contributed by atoms with Crippen molar-refractivity contribution in [3.63, 3.8) is 0 Å². The largest absolute Gasteiger partial charge is 0.368 e. The molecule has 0 atom stereocenters. The molecule has 0 spiro atoms. The Balaban J connectivity index is 2.29. The van der Waals surface area contributed by atoms with E-state index >= 15 is 0 Å². The summed E-state index contributed by atoms with van der Waals surface area (Å²) in [6.45, 7) is 4.83. The number of likely N-dealkylation sites (N-methyl/N-ethyl adjacent to an activating group) is 1. The van der Waals surface area contributed by atoms with Crippen LogP contribution in [-0.2, 0) is 11.2 Å². The summed E-state index contributed by atoms with van der Waals surface area (Å²) in [6.07, 6.45) is 1.38. The van der Waals surface area contributed by atoms with Crippen LogP contribution in [0.4, 0.5) is 11.4 Å². The zero-order valence-corrected chi connectivity index (χ0v) is 11.3. The van der Waals surface area contributed by atoms with Crippen LogP contribution in [-0.4, -0.2) is 25.0 Å². The average molecular weight is 247 g/mol. The zero-order chi connectivity index (χ0) is 13.3. The molecule has 0 saturated heterocycles. The number of nitrogens with one attached hydrogen (secondary N) is 1. The Hall–Kier alpha value is -1.55. The van der Waals surface area contributed by atoms with E-state index in [1.54, 1.807) is 0 Å². The standard InChI is InChI=1S/C14H21N3O/c1-14(2,9-15)17(3)11-5-6-12-10(8-11)4-7-13(18)16-12/h5-6,8H,4,7,9,15H2,1-3H3,(H,16,18). The van der Waals surface area contributed by atoms with E-state index in [2.05, 4.69) is 37.2 Å². The number of nitrogens with zero attached hydrogens (tertiary/aromatic N) is 1. The predicted octanol–water partition coefficient (Wildman–Crippen LogP) is 1.74. The first-order valence-electron chi connectivity index (χ1n) is 6.31. The summed E-state index contributed by atoms with van der Waals surface area (Å²) in [5.41, 5.74) is 9.00. The van der Waals surface area contributed by atoms with Crippen LogP contribution in [0.1, 0.15) is 25.8 Å². The Morgan fingerprint density at radius 2 is 2.11 bits per heavy atom. The summed E-state index contributed by atoms with van der Waals surface area (Å²) < 4.78 is 0. The van der Waals surface area contributed by atoms with E-state index in [0.29, 0.717) is 13.0 Å². The fraction of sp³-hybridized carbons (Fsp3) is 0.500. The van der Waals surface area contributed by atoms with Gasteiger partial charge in [-0.3, -0.25) is 4.79 Å². The minimum atomic E-state index is -0.0772. The molecule has 98 valence electrons. The summed E-state index contributed by atoms with van der Waals surface area (Å²) >= 11 is 0. The van der Waals surface area contributed by atoms with Crippen molar-refractivity contribution in [2.45, 2.75) is 32.2 Å². The number of fused-ring (bicyclic) bond motifs is 1. The first-order chi connectivity index (χ1) is 8.44. The highest BCUT2D eigenvalue weighted by molar-refractivity contribution is 5.94. The van der Waals surface area contributed by atoms with Gasteiger partial charge in [-0.2, -0.15) is 0 Å². The molecule has 1 aromatic carbocycles. The van der Waals surface area contributed by atoms with Gasteiger partial charge in [0.2, 0.25) is 5.91 Å². The number of amides is 1. The fourth-order valence-corrected chi connectivity index (χ4v) is 2.06. The van der Waals surface area contributed by atoms with Crippen LogP contribution in [0, 0.1) is 0 Å². The number of hydrogen-bond acceptors (Lipinski definition) is 3. The lowest BCUT2D eigenvalue weighted by atomic mass is 9.99. The van der Waals surface area contributed by atoms with E-state index in [4.69, 9.17) is 5.73 Å². The van der Waals surface area contributed by atoms with Crippen LogP contribution < -0.4 is 16.0 Å². The van der Waals surface area contributed by atoms with Gasteiger partial charge in [-0.05, 0) is 44.0 Å². The number of nitrogens with two attached hydrogens (primary N) is 1. The molecular formula is C14H21N3O. The third kappa shape index (κ3) is 2.34. The van der Waals surface area contributed by atoms with Gasteiger partial charge in [0.15, 0.2) is 0 Å². The van der Waals surface area contributed by atoms with Crippen LogP contribution in [0.15, 0.2) is 18.2 Å². The van der Waals surface area contributed by atoms with Crippen molar-refractivity contribution in [1.82, 2.24) is 0 Å². The number of aryl methyl sites for hydroxylation is 1. The molecule has 1 aliphatic heterocycles. The van der Waals surface area contributed by atoms with Gasteiger partial charge in [-0.25, -0.2) is 0 Å². The maximum atomic E-state index is 11.3. The summed E-state index contributed by atoms with van der Waals surface area (Å²) in [5.74, 6) is 0.103. The summed E-state index contributed by atoms with van der Waals surface area (Å²) in [5, 5.41) is 2.90. The molecule has 1 aromatic rings. The zero-order valence-electron chi connectivity index (χ0n) is 11.3. The second-order valence-electron chi connectivity index (χ2n) is 5.47. The molecule has 18 heavy (non-hydrogen) atoms. The highest BCUT2D eigenvalue weighted by Crippen LogP contribution is 2.29. The molecule has 1 aliphatic rings. The predicted molar refractivity (Wildman–Crippen MR) is 74.9 cm³/mol. The normalized spacial score (nSPS) is 15.0. The first-order valence-corrected chi connectivity index (χ1v) is 6.31. The number of hydrogen-bond donors (Lipinski definition) is 2. The Kier molecular flexibility index (Phi) is 3.30. The SMILES string of the molecule is CN(c1ccc2c(c1)CCC(=O)N2)C(C)(C)CN. The number of benzene rings is 1. The second-order valence-corrected chi connectivity index (χ2v) is 5.47. The molecule has 2 rings (SSSR count). The van der Waals surface area contributed by atoms with Gasteiger partial charge in [0.05, 0.1) is 0 Å². The molecule has 0 fully saturated rings. The van der Waals surface area contributed by atoms with Crippen molar-refractivity contribution in [3.05, 3.63) is 23.8 Å². The Morgan fingerprint density at radius 3 is 2.78 bits per heavy atom. The molecular weight excluding hydrogens is 226 g/mol. The van der Waals surface area contributed by atoms with Gasteiger partial charge in [0.1, 0.15) is 0 Å². The molecule has 1 amide bonds. The third-order valence-corrected chi connectivity index (χ3v) is 3.78. The quantitative estimate of drug-likeness (QED) is 0.855. The maximum Gasteiger partial charge on any atom is 0.224 e. The number of rotatable bonds is 3. The average Bonchev–Trinajstić information content (AvgIpc) is 2.37. The van der Waals surface area contributed by atoms with Gasteiger partial charge in [-0.1, -0.05) is 0 Å². The number of anilines is 2. The lowest BCUT2D eigenvalue weighted by Crippen LogP contribution is -2.47. The smallest absolute Gasteiger partial charge is 0.224 e. The van der Waals surface area contributed by atoms with Crippen molar-refractivity contribution >= 4 is 17.3 Å². The minimum Gasteiger partial charge on any atom is -0.368 e. The van der Waals surface area contributed by atoms with Crippen molar-refractivity contribution < 1.29 is 4.79 Å². The van der Waals surface area contributed by atoms with Gasteiger partial charge in [0.25, 0.3) is 0 Å². The van der Waals surface area contributed by atoms with Crippen molar-refractivity contribution in [2.24, 2.45) is 5.73 Å². The molecule has 0 aromatic heterocycles. The number of carbonyl (C=O) groups excluding carboxylic acids is 1. The lowest BCUT2D eigenvalue weighted by molar-refractivity contribution is -0.116. The van der Waals surface area contributed by atoms with Gasteiger partial charge in [0, 0.05) is 36.9 Å².